The largest absolute Gasteiger partial charge is 0.472 e. The van der Waals surface area contributed by atoms with Crippen LogP contribution in [0, 0.1) is 23.7 Å². The molecule has 0 aromatic rings. The van der Waals surface area contributed by atoms with Crippen LogP contribution in [0.4, 0.5) is 0 Å². The summed E-state index contributed by atoms with van der Waals surface area (Å²) in [7, 11) is 0. The molecule has 0 spiro atoms. The fourth-order valence-corrected chi connectivity index (χ4v) is 3.00. The van der Waals surface area contributed by atoms with Gasteiger partial charge < -0.3 is 10.0 Å². The molecule has 2 rings (SSSR count). The topological polar surface area (TPSA) is 43.8 Å². The lowest BCUT2D eigenvalue weighted by Crippen LogP contribution is -2.54. The van der Waals surface area contributed by atoms with Gasteiger partial charge in [-0.2, -0.15) is 0 Å². The number of aliphatic carboxylic acids is 1. The van der Waals surface area contributed by atoms with Gasteiger partial charge >= 0.3 is 5.97 Å². The third-order valence-corrected chi connectivity index (χ3v) is 4.04. The van der Waals surface area contributed by atoms with E-state index in [0.29, 0.717) is 12.0 Å². The Hall–Kier alpha value is -1.05. The van der Waals surface area contributed by atoms with E-state index in [9.17, 15) is 4.79 Å². The number of carboxylic acid groups (broad SMARTS) is 1. The zero-order chi connectivity index (χ0) is 13.8. The van der Waals surface area contributed by atoms with Gasteiger partial charge in [0.25, 0.3) is 0 Å². The number of nitrogens with zero attached hydrogens (tertiary/aromatic N) is 2. The molecule has 1 N–H and O–H groups in total. The van der Waals surface area contributed by atoms with Gasteiger partial charge in [0, 0.05) is 50.6 Å². The smallest absolute Gasteiger partial charge is 0.381 e. The summed E-state index contributed by atoms with van der Waals surface area (Å²) in [4.78, 5) is 15.5. The van der Waals surface area contributed by atoms with E-state index in [-0.39, 0.29) is 0 Å². The number of rotatable bonds is 3. The molecule has 106 valence electrons. The van der Waals surface area contributed by atoms with Gasteiger partial charge in [-0.15, -0.1) is 0 Å². The van der Waals surface area contributed by atoms with Gasteiger partial charge in [0.1, 0.15) is 0 Å². The standard InChI is InChI=1S/C15H24N2O2/c1-12(2)11-16-5-7-17(8-6-16)14-9-13(10-14)3-4-15(18)19/h12-14H,5-11H2,1-2H3,(H,18,19). The van der Waals surface area contributed by atoms with Crippen LogP contribution < -0.4 is 0 Å². The van der Waals surface area contributed by atoms with Gasteiger partial charge in [-0.05, 0) is 18.8 Å². The molecular weight excluding hydrogens is 240 g/mol. The van der Waals surface area contributed by atoms with Gasteiger partial charge in [-0.1, -0.05) is 19.8 Å². The summed E-state index contributed by atoms with van der Waals surface area (Å²) < 4.78 is 0. The molecule has 0 aromatic heterocycles. The summed E-state index contributed by atoms with van der Waals surface area (Å²) in [6.45, 7) is 10.4. The van der Waals surface area contributed by atoms with Crippen LogP contribution >= 0.6 is 0 Å². The number of carboxylic acids is 1. The molecule has 0 unspecified atom stereocenters. The highest BCUT2D eigenvalue weighted by Crippen LogP contribution is 2.31. The second-order valence-corrected chi connectivity index (χ2v) is 6.13. The monoisotopic (exact) mass is 264 g/mol. The van der Waals surface area contributed by atoms with Crippen molar-refractivity contribution in [3.8, 4) is 11.8 Å². The van der Waals surface area contributed by atoms with Crippen LogP contribution in [0.25, 0.3) is 0 Å². The molecule has 1 aliphatic carbocycles. The maximum Gasteiger partial charge on any atom is 0.381 e. The Morgan fingerprint density at radius 2 is 1.89 bits per heavy atom. The molecule has 0 atom stereocenters. The first kappa shape index (κ1) is 14.4. The normalized spacial score (nSPS) is 28.6. The van der Waals surface area contributed by atoms with Crippen LogP contribution in [0.5, 0.6) is 0 Å². The Morgan fingerprint density at radius 1 is 1.26 bits per heavy atom. The number of hydrogen-bond acceptors (Lipinski definition) is 3. The molecule has 2 aliphatic rings. The van der Waals surface area contributed by atoms with Gasteiger partial charge in [0.15, 0.2) is 0 Å². The Kier molecular flexibility index (Phi) is 4.84. The minimum absolute atomic E-state index is 0.301. The maximum absolute atomic E-state index is 10.4. The predicted octanol–water partition coefficient (Wildman–Crippen LogP) is 1.13. The lowest BCUT2D eigenvalue weighted by molar-refractivity contribution is -0.130. The van der Waals surface area contributed by atoms with Crippen molar-refractivity contribution in [2.45, 2.75) is 32.7 Å². The van der Waals surface area contributed by atoms with Crippen molar-refractivity contribution < 1.29 is 9.90 Å². The minimum Gasteiger partial charge on any atom is -0.472 e. The molecule has 1 heterocycles. The molecule has 0 aromatic carbocycles. The zero-order valence-electron chi connectivity index (χ0n) is 11.9. The van der Waals surface area contributed by atoms with Gasteiger partial charge in [0.05, 0.1) is 0 Å². The van der Waals surface area contributed by atoms with Gasteiger partial charge in [-0.25, -0.2) is 4.79 Å². The van der Waals surface area contributed by atoms with E-state index in [4.69, 9.17) is 5.11 Å². The summed E-state index contributed by atoms with van der Waals surface area (Å²) in [5.74, 6) is 5.11. The Labute approximate surface area is 115 Å². The molecule has 0 bridgehead atoms. The third-order valence-electron chi connectivity index (χ3n) is 4.04. The van der Waals surface area contributed by atoms with Crippen molar-refractivity contribution in [3.05, 3.63) is 0 Å². The molecule has 1 aliphatic heterocycles. The number of carbonyl (C=O) groups is 1. The van der Waals surface area contributed by atoms with Crippen LogP contribution in [-0.4, -0.2) is 59.6 Å². The maximum atomic E-state index is 10.4. The van der Waals surface area contributed by atoms with Crippen LogP contribution in [-0.2, 0) is 4.79 Å². The van der Waals surface area contributed by atoms with Crippen molar-refractivity contribution in [1.29, 1.82) is 0 Å². The van der Waals surface area contributed by atoms with Crippen molar-refractivity contribution in [1.82, 2.24) is 9.80 Å². The predicted molar refractivity (Wildman–Crippen MR) is 74.8 cm³/mol. The average Bonchev–Trinajstić information content (AvgIpc) is 2.28. The van der Waals surface area contributed by atoms with E-state index in [1.165, 1.54) is 19.6 Å². The molecule has 2 fully saturated rings. The van der Waals surface area contributed by atoms with Gasteiger partial charge in [0.2, 0.25) is 0 Å². The van der Waals surface area contributed by atoms with E-state index in [1.54, 1.807) is 0 Å². The molecular formula is C15H24N2O2. The first-order chi connectivity index (χ1) is 9.04. The number of piperazine rings is 1. The molecule has 0 amide bonds. The van der Waals surface area contributed by atoms with E-state index in [0.717, 1.165) is 31.8 Å². The van der Waals surface area contributed by atoms with E-state index >= 15 is 0 Å². The summed E-state index contributed by atoms with van der Waals surface area (Å²) in [6, 6.07) is 0.634. The van der Waals surface area contributed by atoms with Crippen LogP contribution in [0.2, 0.25) is 0 Å². The van der Waals surface area contributed by atoms with Crippen molar-refractivity contribution in [2.75, 3.05) is 32.7 Å². The Morgan fingerprint density at radius 3 is 2.42 bits per heavy atom. The quantitative estimate of drug-likeness (QED) is 0.776. The molecule has 19 heavy (non-hydrogen) atoms. The zero-order valence-corrected chi connectivity index (χ0v) is 11.9. The molecule has 0 radical (unpaired) electrons. The molecule has 4 nitrogen and oxygen atoms in total. The fourth-order valence-electron chi connectivity index (χ4n) is 3.00. The molecule has 1 saturated heterocycles. The van der Waals surface area contributed by atoms with Crippen molar-refractivity contribution in [2.24, 2.45) is 11.8 Å². The second-order valence-electron chi connectivity index (χ2n) is 6.13. The molecule has 4 heteroatoms. The third kappa shape index (κ3) is 4.22. The van der Waals surface area contributed by atoms with Crippen LogP contribution in [0.3, 0.4) is 0 Å². The first-order valence-electron chi connectivity index (χ1n) is 7.25. The highest BCUT2D eigenvalue weighted by atomic mass is 16.4. The lowest BCUT2D eigenvalue weighted by Gasteiger charge is -2.45. The average molecular weight is 264 g/mol. The SMILES string of the molecule is CC(C)CN1CCN(C2CC(C#CC(=O)O)C2)CC1. The van der Waals surface area contributed by atoms with Crippen molar-refractivity contribution >= 4 is 5.97 Å². The van der Waals surface area contributed by atoms with Gasteiger partial charge in [-0.3, -0.25) is 4.90 Å². The van der Waals surface area contributed by atoms with E-state index in [2.05, 4.69) is 35.5 Å². The molecule has 1 saturated carbocycles. The lowest BCUT2D eigenvalue weighted by atomic mass is 9.79. The minimum atomic E-state index is -1.01. The van der Waals surface area contributed by atoms with Crippen LogP contribution in [0.15, 0.2) is 0 Å². The first-order valence-corrected chi connectivity index (χ1v) is 7.25. The van der Waals surface area contributed by atoms with Crippen molar-refractivity contribution in [3.63, 3.8) is 0 Å². The Bertz CT molecular complexity index is 369. The van der Waals surface area contributed by atoms with E-state index in [1.807, 2.05) is 0 Å². The highest BCUT2D eigenvalue weighted by Gasteiger charge is 2.34. The fraction of sp³-hybridized carbons (Fsp3) is 0.800. The van der Waals surface area contributed by atoms with Crippen LogP contribution in [0.1, 0.15) is 26.7 Å². The Balaban J connectivity index is 1.68. The van der Waals surface area contributed by atoms with E-state index < -0.39 is 5.97 Å². The summed E-state index contributed by atoms with van der Waals surface area (Å²) in [6.07, 6.45) is 2.09. The summed E-state index contributed by atoms with van der Waals surface area (Å²) in [5.41, 5.74) is 0. The summed E-state index contributed by atoms with van der Waals surface area (Å²) in [5, 5.41) is 8.51. The highest BCUT2D eigenvalue weighted by molar-refractivity contribution is 5.86. The second kappa shape index (κ2) is 6.40. The number of hydrogen-bond donors (Lipinski definition) is 1. The summed E-state index contributed by atoms with van der Waals surface area (Å²) >= 11 is 0.